The van der Waals surface area contributed by atoms with Crippen LogP contribution in [-0.4, -0.2) is 46.5 Å². The molecule has 5 nitrogen and oxygen atoms in total. The number of nitrogens with zero attached hydrogens (tertiary/aromatic N) is 1. The number of sulfonamides is 1. The standard InChI is InChI=1S/C13H21N3O2S/c1-10-4-5-11(8-13(10)19(17,18)14-2)15-12-6-7-16(3)9-12/h4-5,8,12,14-15H,6-7,9H2,1-3H3. The quantitative estimate of drug-likeness (QED) is 0.866. The normalized spacial score (nSPS) is 20.7. The molecule has 1 aliphatic heterocycles. The zero-order valence-electron chi connectivity index (χ0n) is 11.6. The van der Waals surface area contributed by atoms with Gasteiger partial charge in [0.1, 0.15) is 0 Å². The van der Waals surface area contributed by atoms with Crippen molar-refractivity contribution in [1.29, 1.82) is 0 Å². The molecule has 2 N–H and O–H groups in total. The van der Waals surface area contributed by atoms with Crippen LogP contribution in [0, 0.1) is 6.92 Å². The van der Waals surface area contributed by atoms with E-state index in [2.05, 4.69) is 22.0 Å². The zero-order valence-corrected chi connectivity index (χ0v) is 12.4. The van der Waals surface area contributed by atoms with E-state index in [1.165, 1.54) is 7.05 Å². The van der Waals surface area contributed by atoms with Crippen LogP contribution in [0.5, 0.6) is 0 Å². The predicted molar refractivity (Wildman–Crippen MR) is 76.9 cm³/mol. The van der Waals surface area contributed by atoms with Gasteiger partial charge in [-0.2, -0.15) is 0 Å². The number of aryl methyl sites for hydroxylation is 1. The van der Waals surface area contributed by atoms with Gasteiger partial charge in [-0.25, -0.2) is 13.1 Å². The van der Waals surface area contributed by atoms with E-state index in [1.807, 2.05) is 12.1 Å². The van der Waals surface area contributed by atoms with Crippen molar-refractivity contribution in [2.75, 3.05) is 32.5 Å². The molecule has 1 fully saturated rings. The third-order valence-electron chi connectivity index (χ3n) is 3.51. The Labute approximate surface area is 115 Å². The number of hydrogen-bond donors (Lipinski definition) is 2. The number of likely N-dealkylation sites (tertiary alicyclic amines) is 1. The maximum Gasteiger partial charge on any atom is 0.240 e. The molecule has 106 valence electrons. The van der Waals surface area contributed by atoms with Gasteiger partial charge in [0.15, 0.2) is 0 Å². The molecular weight excluding hydrogens is 262 g/mol. The molecule has 0 bridgehead atoms. The molecule has 1 atom stereocenters. The van der Waals surface area contributed by atoms with Crippen LogP contribution in [0.15, 0.2) is 23.1 Å². The number of benzene rings is 1. The summed E-state index contributed by atoms with van der Waals surface area (Å²) in [5.41, 5.74) is 1.61. The van der Waals surface area contributed by atoms with Gasteiger partial charge in [-0.05, 0) is 51.7 Å². The summed E-state index contributed by atoms with van der Waals surface area (Å²) >= 11 is 0. The fourth-order valence-electron chi connectivity index (χ4n) is 2.38. The van der Waals surface area contributed by atoms with E-state index >= 15 is 0 Å². The first kappa shape index (κ1) is 14.3. The van der Waals surface area contributed by atoms with Crippen LogP contribution in [0.4, 0.5) is 5.69 Å². The fourth-order valence-corrected chi connectivity index (χ4v) is 3.37. The van der Waals surface area contributed by atoms with Crippen molar-refractivity contribution in [2.24, 2.45) is 0 Å². The number of rotatable bonds is 4. The Kier molecular flexibility index (Phi) is 4.13. The van der Waals surface area contributed by atoms with Crippen LogP contribution in [-0.2, 0) is 10.0 Å². The molecule has 1 heterocycles. The Morgan fingerprint density at radius 2 is 2.11 bits per heavy atom. The zero-order chi connectivity index (χ0) is 14.0. The van der Waals surface area contributed by atoms with E-state index in [0.717, 1.165) is 30.8 Å². The van der Waals surface area contributed by atoms with Gasteiger partial charge in [0, 0.05) is 18.3 Å². The molecule has 0 aromatic heterocycles. The first-order valence-electron chi connectivity index (χ1n) is 6.41. The van der Waals surface area contributed by atoms with Crippen LogP contribution in [0.1, 0.15) is 12.0 Å². The van der Waals surface area contributed by atoms with Crippen molar-refractivity contribution >= 4 is 15.7 Å². The summed E-state index contributed by atoms with van der Waals surface area (Å²) in [6.07, 6.45) is 1.08. The lowest BCUT2D eigenvalue weighted by Gasteiger charge is -2.16. The number of nitrogens with one attached hydrogen (secondary N) is 2. The first-order valence-corrected chi connectivity index (χ1v) is 7.90. The smallest absolute Gasteiger partial charge is 0.240 e. The molecule has 0 saturated carbocycles. The second-order valence-electron chi connectivity index (χ2n) is 5.08. The minimum atomic E-state index is -3.40. The fraction of sp³-hybridized carbons (Fsp3) is 0.538. The molecule has 1 aromatic rings. The van der Waals surface area contributed by atoms with Gasteiger partial charge in [-0.1, -0.05) is 6.07 Å². The lowest BCUT2D eigenvalue weighted by Crippen LogP contribution is -2.24. The Bertz CT molecular complexity index is 557. The van der Waals surface area contributed by atoms with Gasteiger partial charge in [-0.3, -0.25) is 0 Å². The Hall–Kier alpha value is -1.11. The van der Waals surface area contributed by atoms with Crippen LogP contribution < -0.4 is 10.0 Å². The summed E-state index contributed by atoms with van der Waals surface area (Å²) in [6.45, 7) is 3.87. The molecular formula is C13H21N3O2S. The van der Waals surface area contributed by atoms with Gasteiger partial charge in [-0.15, -0.1) is 0 Å². The summed E-state index contributed by atoms with van der Waals surface area (Å²) in [4.78, 5) is 2.60. The SMILES string of the molecule is CNS(=O)(=O)c1cc(NC2CCN(C)C2)ccc1C. The van der Waals surface area contributed by atoms with Crippen LogP contribution in [0.3, 0.4) is 0 Å². The van der Waals surface area contributed by atoms with Gasteiger partial charge < -0.3 is 10.2 Å². The minimum absolute atomic E-state index is 0.339. The van der Waals surface area contributed by atoms with E-state index in [-0.39, 0.29) is 0 Å². The molecule has 0 amide bonds. The van der Waals surface area contributed by atoms with Crippen molar-refractivity contribution in [3.63, 3.8) is 0 Å². The second kappa shape index (κ2) is 5.48. The van der Waals surface area contributed by atoms with Gasteiger partial charge >= 0.3 is 0 Å². The number of anilines is 1. The topological polar surface area (TPSA) is 61.4 Å². The third-order valence-corrected chi connectivity index (χ3v) is 5.06. The summed E-state index contributed by atoms with van der Waals surface area (Å²) < 4.78 is 26.2. The van der Waals surface area contributed by atoms with Gasteiger partial charge in [0.25, 0.3) is 0 Å². The van der Waals surface area contributed by atoms with E-state index in [1.54, 1.807) is 13.0 Å². The Morgan fingerprint density at radius 1 is 1.37 bits per heavy atom. The van der Waals surface area contributed by atoms with Crippen molar-refractivity contribution in [3.05, 3.63) is 23.8 Å². The van der Waals surface area contributed by atoms with Crippen molar-refractivity contribution in [1.82, 2.24) is 9.62 Å². The van der Waals surface area contributed by atoms with Crippen molar-refractivity contribution in [2.45, 2.75) is 24.3 Å². The van der Waals surface area contributed by atoms with Gasteiger partial charge in [0.05, 0.1) is 4.90 Å². The van der Waals surface area contributed by atoms with E-state index < -0.39 is 10.0 Å². The maximum absolute atomic E-state index is 11.9. The van der Waals surface area contributed by atoms with Crippen molar-refractivity contribution in [3.8, 4) is 0 Å². The van der Waals surface area contributed by atoms with Crippen LogP contribution in [0.25, 0.3) is 0 Å². The second-order valence-corrected chi connectivity index (χ2v) is 6.93. The van der Waals surface area contributed by atoms with Crippen molar-refractivity contribution < 1.29 is 8.42 Å². The monoisotopic (exact) mass is 283 g/mol. The third kappa shape index (κ3) is 3.26. The molecule has 1 unspecified atom stereocenters. The molecule has 19 heavy (non-hydrogen) atoms. The average molecular weight is 283 g/mol. The highest BCUT2D eigenvalue weighted by Crippen LogP contribution is 2.22. The summed E-state index contributed by atoms with van der Waals surface area (Å²) in [5.74, 6) is 0. The molecule has 1 saturated heterocycles. The lowest BCUT2D eigenvalue weighted by atomic mass is 10.2. The van der Waals surface area contributed by atoms with E-state index in [0.29, 0.717) is 10.9 Å². The maximum atomic E-state index is 11.9. The summed E-state index contributed by atoms with van der Waals surface area (Å²) in [7, 11) is 0.126. The Morgan fingerprint density at radius 3 is 2.68 bits per heavy atom. The average Bonchev–Trinajstić information content (AvgIpc) is 2.77. The highest BCUT2D eigenvalue weighted by Gasteiger charge is 2.20. The summed E-state index contributed by atoms with van der Waals surface area (Å²) in [6, 6.07) is 5.87. The predicted octanol–water partition coefficient (Wildman–Crippen LogP) is 1.02. The summed E-state index contributed by atoms with van der Waals surface area (Å²) in [5, 5.41) is 3.40. The van der Waals surface area contributed by atoms with Crippen LogP contribution >= 0.6 is 0 Å². The highest BCUT2D eigenvalue weighted by atomic mass is 32.2. The number of hydrogen-bond acceptors (Lipinski definition) is 4. The van der Waals surface area contributed by atoms with Crippen LogP contribution in [0.2, 0.25) is 0 Å². The highest BCUT2D eigenvalue weighted by molar-refractivity contribution is 7.89. The minimum Gasteiger partial charge on any atom is -0.381 e. The largest absolute Gasteiger partial charge is 0.381 e. The van der Waals surface area contributed by atoms with E-state index in [4.69, 9.17) is 0 Å². The molecule has 2 rings (SSSR count). The molecule has 0 aliphatic carbocycles. The molecule has 1 aliphatic rings. The molecule has 0 spiro atoms. The first-order chi connectivity index (χ1) is 8.92. The molecule has 0 radical (unpaired) electrons. The van der Waals surface area contributed by atoms with E-state index in [9.17, 15) is 8.42 Å². The number of likely N-dealkylation sites (N-methyl/N-ethyl adjacent to an activating group) is 1. The Balaban J connectivity index is 2.22. The molecule has 1 aromatic carbocycles. The molecule has 6 heteroatoms. The van der Waals surface area contributed by atoms with Gasteiger partial charge in [0.2, 0.25) is 10.0 Å². The lowest BCUT2D eigenvalue weighted by molar-refractivity contribution is 0.414.